The molecule has 1 N–H and O–H groups in total. The van der Waals surface area contributed by atoms with Crippen LogP contribution in [0, 0.1) is 6.92 Å². The molecule has 2 aromatic rings. The predicted molar refractivity (Wildman–Crippen MR) is 97.3 cm³/mol. The Morgan fingerprint density at radius 3 is 2.64 bits per heavy atom. The molecule has 0 heterocycles. The van der Waals surface area contributed by atoms with Gasteiger partial charge in [-0.15, -0.1) is 0 Å². The molecule has 0 aliphatic carbocycles. The van der Waals surface area contributed by atoms with Crippen LogP contribution in [0.2, 0.25) is 5.02 Å². The van der Waals surface area contributed by atoms with E-state index in [0.717, 1.165) is 5.56 Å². The van der Waals surface area contributed by atoms with Gasteiger partial charge in [0.2, 0.25) is 0 Å². The van der Waals surface area contributed by atoms with Gasteiger partial charge in [-0.25, -0.2) is 4.79 Å². The molecular formula is C19H20ClNO4. The zero-order chi connectivity index (χ0) is 18.4. The summed E-state index contributed by atoms with van der Waals surface area (Å²) in [6, 6.07) is 11.8. The molecule has 1 amide bonds. The second-order valence-corrected chi connectivity index (χ2v) is 5.90. The zero-order valence-electron chi connectivity index (χ0n) is 14.3. The summed E-state index contributed by atoms with van der Waals surface area (Å²) in [6.45, 7) is 5.54. The van der Waals surface area contributed by atoms with Gasteiger partial charge in [-0.3, -0.25) is 4.79 Å². The molecule has 2 rings (SSSR count). The number of carbonyl (C=O) groups excluding carboxylic acids is 2. The lowest BCUT2D eigenvalue weighted by Crippen LogP contribution is -2.30. The average Bonchev–Trinajstić information content (AvgIpc) is 2.57. The van der Waals surface area contributed by atoms with Crippen LogP contribution in [-0.4, -0.2) is 24.6 Å². The summed E-state index contributed by atoms with van der Waals surface area (Å²) >= 11 is 5.91. The maximum Gasteiger partial charge on any atom is 0.338 e. The molecule has 1 atom stereocenters. The van der Waals surface area contributed by atoms with E-state index in [-0.39, 0.29) is 5.91 Å². The van der Waals surface area contributed by atoms with Crippen LogP contribution in [0.5, 0.6) is 5.75 Å². The minimum atomic E-state index is -0.717. The molecule has 0 spiro atoms. The van der Waals surface area contributed by atoms with Crippen LogP contribution >= 0.6 is 11.6 Å². The van der Waals surface area contributed by atoms with Crippen molar-refractivity contribution in [3.63, 3.8) is 0 Å². The summed E-state index contributed by atoms with van der Waals surface area (Å²) in [5, 5.41) is 3.34. The highest BCUT2D eigenvalue weighted by Crippen LogP contribution is 2.23. The molecule has 0 saturated heterocycles. The van der Waals surface area contributed by atoms with E-state index in [4.69, 9.17) is 21.1 Å². The fraction of sp³-hybridized carbons (Fsp3) is 0.263. The molecule has 2 aromatic carbocycles. The van der Waals surface area contributed by atoms with Crippen molar-refractivity contribution in [2.75, 3.05) is 11.9 Å². The van der Waals surface area contributed by atoms with Crippen LogP contribution in [0.25, 0.3) is 0 Å². The molecule has 6 heteroatoms. The van der Waals surface area contributed by atoms with Gasteiger partial charge in [-0.1, -0.05) is 17.7 Å². The molecule has 0 aliphatic rings. The quantitative estimate of drug-likeness (QED) is 0.782. The van der Waals surface area contributed by atoms with Crippen LogP contribution in [0.3, 0.4) is 0 Å². The van der Waals surface area contributed by atoms with Crippen molar-refractivity contribution in [2.45, 2.75) is 26.9 Å². The molecule has 5 nitrogen and oxygen atoms in total. The molecule has 1 unspecified atom stereocenters. The zero-order valence-corrected chi connectivity index (χ0v) is 15.1. The molecule has 0 aromatic heterocycles. The summed E-state index contributed by atoms with van der Waals surface area (Å²) in [4.78, 5) is 24.1. The van der Waals surface area contributed by atoms with Gasteiger partial charge in [0.1, 0.15) is 5.75 Å². The number of anilines is 1. The van der Waals surface area contributed by atoms with Crippen molar-refractivity contribution in [1.29, 1.82) is 0 Å². The standard InChI is InChI=1S/C19H20ClNO4/c1-4-24-19(23)14-6-5-7-16(11-14)21-18(22)13(3)25-17-9-8-15(20)10-12(17)2/h5-11,13H,4H2,1-3H3,(H,21,22). The van der Waals surface area contributed by atoms with Gasteiger partial charge in [-0.2, -0.15) is 0 Å². The molecule has 0 radical (unpaired) electrons. The number of benzene rings is 2. The highest BCUT2D eigenvalue weighted by Gasteiger charge is 2.17. The first-order valence-corrected chi connectivity index (χ1v) is 8.29. The lowest BCUT2D eigenvalue weighted by Gasteiger charge is -2.16. The van der Waals surface area contributed by atoms with E-state index in [2.05, 4.69) is 5.32 Å². The highest BCUT2D eigenvalue weighted by molar-refractivity contribution is 6.30. The number of amides is 1. The summed E-state index contributed by atoms with van der Waals surface area (Å²) in [6.07, 6.45) is -0.717. The second-order valence-electron chi connectivity index (χ2n) is 5.46. The third-order valence-electron chi connectivity index (χ3n) is 3.45. The highest BCUT2D eigenvalue weighted by atomic mass is 35.5. The van der Waals surface area contributed by atoms with Crippen LogP contribution in [0.4, 0.5) is 5.69 Å². The third-order valence-corrected chi connectivity index (χ3v) is 3.69. The number of hydrogen-bond donors (Lipinski definition) is 1. The lowest BCUT2D eigenvalue weighted by atomic mass is 10.2. The Labute approximate surface area is 151 Å². The van der Waals surface area contributed by atoms with Crippen molar-refractivity contribution in [2.24, 2.45) is 0 Å². The Bertz CT molecular complexity index is 776. The largest absolute Gasteiger partial charge is 0.481 e. The van der Waals surface area contributed by atoms with E-state index in [0.29, 0.717) is 28.6 Å². The minimum absolute atomic E-state index is 0.292. The number of carbonyl (C=O) groups is 2. The first-order chi connectivity index (χ1) is 11.9. The van der Waals surface area contributed by atoms with Crippen molar-refractivity contribution >= 4 is 29.2 Å². The van der Waals surface area contributed by atoms with E-state index in [9.17, 15) is 9.59 Å². The number of aryl methyl sites for hydroxylation is 1. The monoisotopic (exact) mass is 361 g/mol. The predicted octanol–water partition coefficient (Wildman–Crippen LogP) is 4.23. The maximum absolute atomic E-state index is 12.3. The van der Waals surface area contributed by atoms with E-state index < -0.39 is 12.1 Å². The molecule has 0 bridgehead atoms. The maximum atomic E-state index is 12.3. The number of hydrogen-bond acceptors (Lipinski definition) is 4. The van der Waals surface area contributed by atoms with Gasteiger partial charge < -0.3 is 14.8 Å². The lowest BCUT2D eigenvalue weighted by molar-refractivity contribution is -0.122. The van der Waals surface area contributed by atoms with Crippen LogP contribution < -0.4 is 10.1 Å². The smallest absolute Gasteiger partial charge is 0.338 e. The Balaban J connectivity index is 2.03. The van der Waals surface area contributed by atoms with E-state index in [1.807, 2.05) is 6.92 Å². The minimum Gasteiger partial charge on any atom is -0.481 e. The van der Waals surface area contributed by atoms with E-state index in [1.165, 1.54) is 0 Å². The summed E-state index contributed by atoms with van der Waals surface area (Å²) in [7, 11) is 0. The van der Waals surface area contributed by atoms with Crippen molar-refractivity contribution in [3.05, 3.63) is 58.6 Å². The van der Waals surface area contributed by atoms with Gasteiger partial charge in [0.25, 0.3) is 5.91 Å². The van der Waals surface area contributed by atoms with Crippen molar-refractivity contribution in [3.8, 4) is 5.75 Å². The van der Waals surface area contributed by atoms with Crippen LogP contribution in [-0.2, 0) is 9.53 Å². The SMILES string of the molecule is CCOC(=O)c1cccc(NC(=O)C(C)Oc2ccc(Cl)cc2C)c1. The fourth-order valence-electron chi connectivity index (χ4n) is 2.17. The number of rotatable bonds is 6. The van der Waals surface area contributed by atoms with Gasteiger partial charge in [0, 0.05) is 10.7 Å². The number of halogens is 1. The molecule has 0 saturated carbocycles. The third kappa shape index (κ3) is 5.22. The molecular weight excluding hydrogens is 342 g/mol. The van der Waals surface area contributed by atoms with Crippen LogP contribution in [0.15, 0.2) is 42.5 Å². The fourth-order valence-corrected chi connectivity index (χ4v) is 2.40. The average molecular weight is 362 g/mol. The number of ether oxygens (including phenoxy) is 2. The Morgan fingerprint density at radius 2 is 1.96 bits per heavy atom. The van der Waals surface area contributed by atoms with Crippen molar-refractivity contribution < 1.29 is 19.1 Å². The van der Waals surface area contributed by atoms with E-state index >= 15 is 0 Å². The molecule has 0 aliphatic heterocycles. The van der Waals surface area contributed by atoms with Gasteiger partial charge in [0.05, 0.1) is 12.2 Å². The Morgan fingerprint density at radius 1 is 1.20 bits per heavy atom. The Kier molecular flexibility index (Phi) is 6.42. The molecule has 0 fully saturated rings. The summed E-state index contributed by atoms with van der Waals surface area (Å²) in [5.74, 6) is -0.164. The van der Waals surface area contributed by atoms with Gasteiger partial charge >= 0.3 is 5.97 Å². The first kappa shape index (κ1) is 18.8. The summed E-state index contributed by atoms with van der Waals surface area (Å²) in [5.41, 5.74) is 1.72. The van der Waals surface area contributed by atoms with Crippen molar-refractivity contribution in [1.82, 2.24) is 0 Å². The van der Waals surface area contributed by atoms with E-state index in [1.54, 1.807) is 56.3 Å². The second kappa shape index (κ2) is 8.53. The number of nitrogens with one attached hydrogen (secondary N) is 1. The first-order valence-electron chi connectivity index (χ1n) is 7.91. The van der Waals surface area contributed by atoms with Gasteiger partial charge in [0.15, 0.2) is 6.10 Å². The molecule has 132 valence electrons. The Hall–Kier alpha value is -2.53. The summed E-state index contributed by atoms with van der Waals surface area (Å²) < 4.78 is 10.6. The normalized spacial score (nSPS) is 11.5. The molecule has 25 heavy (non-hydrogen) atoms. The van der Waals surface area contributed by atoms with Crippen LogP contribution in [0.1, 0.15) is 29.8 Å². The number of esters is 1. The topological polar surface area (TPSA) is 64.6 Å². The van der Waals surface area contributed by atoms with Gasteiger partial charge in [-0.05, 0) is 62.7 Å².